The number of nitrogens with one attached hydrogen (secondary N) is 1. The zero-order chi connectivity index (χ0) is 19.4. The number of sulfonamides is 1. The van der Waals surface area contributed by atoms with Crippen LogP contribution in [-0.2, 0) is 10.0 Å². The van der Waals surface area contributed by atoms with Gasteiger partial charge in [-0.3, -0.25) is 9.52 Å². The Bertz CT molecular complexity index is 1070. The van der Waals surface area contributed by atoms with Crippen molar-refractivity contribution in [1.82, 2.24) is 4.90 Å². The highest BCUT2D eigenvalue weighted by Crippen LogP contribution is 2.22. The van der Waals surface area contributed by atoms with Crippen molar-refractivity contribution in [2.45, 2.75) is 18.7 Å². The van der Waals surface area contributed by atoms with Crippen LogP contribution in [0.1, 0.15) is 24.2 Å². The van der Waals surface area contributed by atoms with E-state index < -0.39 is 10.0 Å². The van der Waals surface area contributed by atoms with E-state index in [1.165, 1.54) is 0 Å². The Kier molecular flexibility index (Phi) is 5.46. The molecule has 0 atom stereocenters. The summed E-state index contributed by atoms with van der Waals surface area (Å²) in [6.07, 6.45) is 0. The summed E-state index contributed by atoms with van der Waals surface area (Å²) >= 11 is 0. The molecule has 140 valence electrons. The number of rotatable bonds is 6. The second-order valence-electron chi connectivity index (χ2n) is 6.17. The Balaban J connectivity index is 1.89. The van der Waals surface area contributed by atoms with E-state index in [2.05, 4.69) is 4.72 Å². The third kappa shape index (κ3) is 4.11. The fourth-order valence-corrected chi connectivity index (χ4v) is 4.04. The minimum absolute atomic E-state index is 0.119. The molecule has 0 spiro atoms. The van der Waals surface area contributed by atoms with Gasteiger partial charge in [0, 0.05) is 24.3 Å². The highest BCUT2D eigenvalue weighted by molar-refractivity contribution is 7.92. The summed E-state index contributed by atoms with van der Waals surface area (Å²) in [5.74, 6) is -0.119. The molecule has 1 N–H and O–H groups in total. The molecule has 0 bridgehead atoms. The zero-order valence-electron chi connectivity index (χ0n) is 15.3. The minimum atomic E-state index is -3.75. The minimum Gasteiger partial charge on any atom is -0.339 e. The van der Waals surface area contributed by atoms with Crippen LogP contribution in [0.3, 0.4) is 0 Å². The van der Waals surface area contributed by atoms with Crippen LogP contribution in [-0.4, -0.2) is 32.3 Å². The monoisotopic (exact) mass is 382 g/mol. The lowest BCUT2D eigenvalue weighted by molar-refractivity contribution is 0.0773. The molecular weight excluding hydrogens is 360 g/mol. The average Bonchev–Trinajstić information content (AvgIpc) is 2.68. The number of amides is 1. The van der Waals surface area contributed by atoms with Crippen molar-refractivity contribution in [2.75, 3.05) is 17.8 Å². The second kappa shape index (κ2) is 7.80. The van der Waals surface area contributed by atoms with Gasteiger partial charge in [-0.15, -0.1) is 0 Å². The number of hydrogen-bond donors (Lipinski definition) is 1. The van der Waals surface area contributed by atoms with Gasteiger partial charge in [-0.2, -0.15) is 0 Å². The Hall–Kier alpha value is -2.86. The molecule has 0 aromatic heterocycles. The summed E-state index contributed by atoms with van der Waals surface area (Å²) in [6.45, 7) is 5.02. The summed E-state index contributed by atoms with van der Waals surface area (Å²) in [7, 11) is -3.75. The highest BCUT2D eigenvalue weighted by Gasteiger charge is 2.17. The summed E-state index contributed by atoms with van der Waals surface area (Å²) in [4.78, 5) is 14.4. The van der Waals surface area contributed by atoms with E-state index in [0.29, 0.717) is 24.3 Å². The molecule has 6 heteroatoms. The van der Waals surface area contributed by atoms with Gasteiger partial charge in [0.2, 0.25) is 0 Å². The standard InChI is InChI=1S/C21H22N2O3S/c1-3-23(4-2)21(24)18-10-7-11-19(14-18)22-27(25,26)20-13-12-16-8-5-6-9-17(16)15-20/h5-15,22H,3-4H2,1-2H3. The zero-order valence-corrected chi connectivity index (χ0v) is 16.2. The van der Waals surface area contributed by atoms with Crippen molar-refractivity contribution >= 4 is 32.4 Å². The number of anilines is 1. The summed E-state index contributed by atoms with van der Waals surface area (Å²) in [5.41, 5.74) is 0.818. The lowest BCUT2D eigenvalue weighted by atomic mass is 10.1. The molecule has 3 rings (SSSR count). The molecule has 3 aromatic carbocycles. The molecule has 0 saturated carbocycles. The normalized spacial score (nSPS) is 11.3. The van der Waals surface area contributed by atoms with Gasteiger partial charge in [0.15, 0.2) is 0 Å². The lowest BCUT2D eigenvalue weighted by Gasteiger charge is -2.19. The van der Waals surface area contributed by atoms with Gasteiger partial charge in [0.05, 0.1) is 4.90 Å². The third-order valence-electron chi connectivity index (χ3n) is 4.44. The molecule has 1 amide bonds. The van der Waals surface area contributed by atoms with E-state index >= 15 is 0 Å². The van der Waals surface area contributed by atoms with Gasteiger partial charge in [-0.25, -0.2) is 8.42 Å². The number of fused-ring (bicyclic) bond motifs is 1. The fraction of sp³-hybridized carbons (Fsp3) is 0.190. The first kappa shape index (κ1) is 18.9. The molecule has 0 radical (unpaired) electrons. The first-order valence-corrected chi connectivity index (χ1v) is 10.3. The largest absolute Gasteiger partial charge is 0.339 e. The number of carbonyl (C=O) groups is 1. The van der Waals surface area contributed by atoms with Crippen LogP contribution in [0.15, 0.2) is 71.6 Å². The van der Waals surface area contributed by atoms with Crippen LogP contribution in [0.4, 0.5) is 5.69 Å². The van der Waals surface area contributed by atoms with Crippen LogP contribution in [0, 0.1) is 0 Å². The molecule has 0 aliphatic rings. The summed E-state index contributed by atoms with van der Waals surface area (Å²) < 4.78 is 28.1. The molecule has 5 nitrogen and oxygen atoms in total. The molecule has 0 unspecified atom stereocenters. The maximum atomic E-state index is 12.8. The number of nitrogens with zero attached hydrogens (tertiary/aromatic N) is 1. The molecule has 0 aliphatic heterocycles. The lowest BCUT2D eigenvalue weighted by Crippen LogP contribution is -2.30. The van der Waals surface area contributed by atoms with Crippen molar-refractivity contribution in [2.24, 2.45) is 0 Å². The second-order valence-corrected chi connectivity index (χ2v) is 7.86. The van der Waals surface area contributed by atoms with E-state index in [0.717, 1.165) is 10.8 Å². The van der Waals surface area contributed by atoms with Crippen molar-refractivity contribution in [1.29, 1.82) is 0 Å². The quantitative estimate of drug-likeness (QED) is 0.697. The molecule has 0 fully saturated rings. The third-order valence-corrected chi connectivity index (χ3v) is 5.82. The summed E-state index contributed by atoms with van der Waals surface area (Å²) in [5, 5.41) is 1.83. The SMILES string of the molecule is CCN(CC)C(=O)c1cccc(NS(=O)(=O)c2ccc3ccccc3c2)c1. The van der Waals surface area contributed by atoms with Crippen LogP contribution in [0.5, 0.6) is 0 Å². The number of benzene rings is 3. The van der Waals surface area contributed by atoms with Crippen molar-refractivity contribution in [3.63, 3.8) is 0 Å². The van der Waals surface area contributed by atoms with Crippen molar-refractivity contribution in [3.8, 4) is 0 Å². The van der Waals surface area contributed by atoms with Gasteiger partial charge in [0.1, 0.15) is 0 Å². The van der Waals surface area contributed by atoms with Crippen LogP contribution >= 0.6 is 0 Å². The first-order chi connectivity index (χ1) is 12.9. The Morgan fingerprint density at radius 2 is 1.59 bits per heavy atom. The average molecular weight is 382 g/mol. The van der Waals surface area contributed by atoms with Gasteiger partial charge < -0.3 is 4.90 Å². The Morgan fingerprint density at radius 3 is 2.30 bits per heavy atom. The Morgan fingerprint density at radius 1 is 0.889 bits per heavy atom. The highest BCUT2D eigenvalue weighted by atomic mass is 32.2. The molecule has 3 aromatic rings. The van der Waals surface area contributed by atoms with Crippen molar-refractivity contribution in [3.05, 3.63) is 72.3 Å². The fourth-order valence-electron chi connectivity index (χ4n) is 2.96. The molecular formula is C21H22N2O3S. The number of hydrogen-bond acceptors (Lipinski definition) is 3. The van der Waals surface area contributed by atoms with E-state index in [4.69, 9.17) is 0 Å². The van der Waals surface area contributed by atoms with E-state index in [1.54, 1.807) is 47.4 Å². The Labute approximate surface area is 159 Å². The molecule has 0 saturated heterocycles. The predicted molar refractivity (Wildman–Crippen MR) is 108 cm³/mol. The van der Waals surface area contributed by atoms with Gasteiger partial charge >= 0.3 is 0 Å². The maximum absolute atomic E-state index is 12.8. The number of carbonyl (C=O) groups excluding carboxylic acids is 1. The topological polar surface area (TPSA) is 66.5 Å². The van der Waals surface area contributed by atoms with E-state index in [-0.39, 0.29) is 10.8 Å². The van der Waals surface area contributed by atoms with Gasteiger partial charge in [0.25, 0.3) is 15.9 Å². The van der Waals surface area contributed by atoms with Gasteiger partial charge in [-0.1, -0.05) is 36.4 Å². The maximum Gasteiger partial charge on any atom is 0.261 e. The summed E-state index contributed by atoms with van der Waals surface area (Å²) in [6, 6.07) is 19.2. The first-order valence-electron chi connectivity index (χ1n) is 8.85. The van der Waals surface area contributed by atoms with Crippen molar-refractivity contribution < 1.29 is 13.2 Å². The van der Waals surface area contributed by atoms with E-state index in [9.17, 15) is 13.2 Å². The van der Waals surface area contributed by atoms with Crippen LogP contribution < -0.4 is 4.72 Å². The molecule has 27 heavy (non-hydrogen) atoms. The molecule has 0 aliphatic carbocycles. The van der Waals surface area contributed by atoms with E-state index in [1.807, 2.05) is 38.1 Å². The smallest absolute Gasteiger partial charge is 0.261 e. The van der Waals surface area contributed by atoms with Gasteiger partial charge in [-0.05, 0) is 55.0 Å². The predicted octanol–water partition coefficient (Wildman–Crippen LogP) is 4.12. The molecule has 0 heterocycles. The van der Waals surface area contributed by atoms with Crippen LogP contribution in [0.2, 0.25) is 0 Å². The van der Waals surface area contributed by atoms with Crippen LogP contribution in [0.25, 0.3) is 10.8 Å².